The SMILES string of the molecule is CN(Cc1csc(-c2cccs2)n1)C(=O)C1CC(=O)Nc2ccc(F)cc21. The van der Waals surface area contributed by atoms with Gasteiger partial charge in [0.05, 0.1) is 23.0 Å². The zero-order valence-electron chi connectivity index (χ0n) is 14.4. The van der Waals surface area contributed by atoms with Crippen LogP contribution < -0.4 is 5.32 Å². The van der Waals surface area contributed by atoms with Crippen molar-refractivity contribution >= 4 is 40.2 Å². The third-order valence-electron chi connectivity index (χ3n) is 4.41. The van der Waals surface area contributed by atoms with Gasteiger partial charge in [0.15, 0.2) is 0 Å². The van der Waals surface area contributed by atoms with E-state index in [1.807, 2.05) is 22.9 Å². The number of hydrogen-bond acceptors (Lipinski definition) is 5. The fourth-order valence-corrected chi connectivity index (χ4v) is 4.76. The molecule has 1 atom stereocenters. The van der Waals surface area contributed by atoms with Crippen LogP contribution in [-0.4, -0.2) is 28.7 Å². The van der Waals surface area contributed by atoms with E-state index in [1.54, 1.807) is 23.3 Å². The van der Waals surface area contributed by atoms with E-state index in [9.17, 15) is 14.0 Å². The van der Waals surface area contributed by atoms with Gasteiger partial charge < -0.3 is 10.2 Å². The Balaban J connectivity index is 1.53. The summed E-state index contributed by atoms with van der Waals surface area (Å²) in [6.07, 6.45) is 0.0110. The van der Waals surface area contributed by atoms with Crippen LogP contribution in [0.1, 0.15) is 23.6 Å². The van der Waals surface area contributed by atoms with Crippen molar-refractivity contribution in [2.75, 3.05) is 12.4 Å². The number of nitrogens with one attached hydrogen (secondary N) is 1. The van der Waals surface area contributed by atoms with Crippen LogP contribution in [-0.2, 0) is 16.1 Å². The number of anilines is 1. The highest BCUT2D eigenvalue weighted by molar-refractivity contribution is 7.20. The van der Waals surface area contributed by atoms with Gasteiger partial charge in [-0.1, -0.05) is 6.07 Å². The highest BCUT2D eigenvalue weighted by Crippen LogP contribution is 2.34. The molecule has 8 heteroatoms. The number of thiazole rings is 1. The molecule has 0 aliphatic carbocycles. The summed E-state index contributed by atoms with van der Waals surface area (Å²) in [5, 5.41) is 7.54. The number of hydrogen-bond donors (Lipinski definition) is 1. The number of carbonyl (C=O) groups is 2. The maximum absolute atomic E-state index is 13.7. The summed E-state index contributed by atoms with van der Waals surface area (Å²) in [6, 6.07) is 8.07. The van der Waals surface area contributed by atoms with Gasteiger partial charge in [-0.15, -0.1) is 22.7 Å². The molecule has 5 nitrogen and oxygen atoms in total. The van der Waals surface area contributed by atoms with Gasteiger partial charge in [-0.05, 0) is 35.2 Å². The monoisotopic (exact) mass is 401 g/mol. The first-order chi connectivity index (χ1) is 13.0. The second-order valence-corrected chi connectivity index (χ2v) is 8.16. The van der Waals surface area contributed by atoms with Crippen LogP contribution in [0.5, 0.6) is 0 Å². The van der Waals surface area contributed by atoms with Crippen LogP contribution >= 0.6 is 22.7 Å². The smallest absolute Gasteiger partial charge is 0.230 e. The molecular weight excluding hydrogens is 385 g/mol. The molecule has 1 N–H and O–H groups in total. The summed E-state index contributed by atoms with van der Waals surface area (Å²) < 4.78 is 13.7. The molecule has 0 radical (unpaired) electrons. The molecule has 3 aromatic rings. The van der Waals surface area contributed by atoms with Gasteiger partial charge >= 0.3 is 0 Å². The van der Waals surface area contributed by atoms with E-state index in [0.29, 0.717) is 17.8 Å². The highest BCUT2D eigenvalue weighted by atomic mass is 32.1. The molecule has 1 aliphatic heterocycles. The second kappa shape index (κ2) is 7.21. The lowest BCUT2D eigenvalue weighted by Crippen LogP contribution is -2.36. The Hall–Kier alpha value is -2.58. The molecule has 2 amide bonds. The van der Waals surface area contributed by atoms with Crippen LogP contribution in [0.25, 0.3) is 9.88 Å². The van der Waals surface area contributed by atoms with Crippen molar-refractivity contribution < 1.29 is 14.0 Å². The quantitative estimate of drug-likeness (QED) is 0.716. The van der Waals surface area contributed by atoms with Crippen molar-refractivity contribution in [3.63, 3.8) is 0 Å². The zero-order chi connectivity index (χ0) is 19.0. The van der Waals surface area contributed by atoms with Gasteiger partial charge in [-0.25, -0.2) is 9.37 Å². The number of nitrogens with zero attached hydrogens (tertiary/aromatic N) is 2. The van der Waals surface area contributed by atoms with E-state index in [0.717, 1.165) is 15.6 Å². The standard InChI is InChI=1S/C19H16FN3O2S2/c1-23(9-12-10-27-18(21-12)16-3-2-6-26-16)19(25)14-8-17(24)22-15-5-4-11(20)7-13(14)15/h2-7,10,14H,8-9H2,1H3,(H,22,24). The van der Waals surface area contributed by atoms with Crippen LogP contribution in [0.15, 0.2) is 41.1 Å². The molecule has 0 saturated carbocycles. The summed E-state index contributed by atoms with van der Waals surface area (Å²) in [6.45, 7) is 0.337. The Morgan fingerprint density at radius 1 is 1.37 bits per heavy atom. The molecule has 2 aromatic heterocycles. The van der Waals surface area contributed by atoms with E-state index < -0.39 is 11.7 Å². The van der Waals surface area contributed by atoms with Crippen molar-refractivity contribution in [3.05, 3.63) is 58.2 Å². The zero-order valence-corrected chi connectivity index (χ0v) is 16.1. The third kappa shape index (κ3) is 3.63. The van der Waals surface area contributed by atoms with E-state index in [1.165, 1.54) is 29.5 Å². The van der Waals surface area contributed by atoms with Crippen LogP contribution in [0, 0.1) is 5.82 Å². The van der Waals surface area contributed by atoms with E-state index >= 15 is 0 Å². The second-order valence-electron chi connectivity index (χ2n) is 6.35. The summed E-state index contributed by atoms with van der Waals surface area (Å²) >= 11 is 3.15. The number of thiophene rings is 1. The normalized spacial score (nSPS) is 15.9. The molecular formula is C19H16FN3O2S2. The highest BCUT2D eigenvalue weighted by Gasteiger charge is 2.33. The van der Waals surface area contributed by atoms with Crippen LogP contribution in [0.2, 0.25) is 0 Å². The minimum Gasteiger partial charge on any atom is -0.339 e. The number of amides is 2. The third-order valence-corrected chi connectivity index (χ3v) is 6.34. The fourth-order valence-electron chi connectivity index (χ4n) is 3.13. The van der Waals surface area contributed by atoms with Crippen LogP contribution in [0.3, 0.4) is 0 Å². The average molecular weight is 401 g/mol. The molecule has 4 rings (SSSR count). The maximum Gasteiger partial charge on any atom is 0.230 e. The number of halogens is 1. The molecule has 0 fully saturated rings. The Kier molecular flexibility index (Phi) is 4.75. The van der Waals surface area contributed by atoms with Gasteiger partial charge in [-0.3, -0.25) is 9.59 Å². The van der Waals surface area contributed by atoms with E-state index in [-0.39, 0.29) is 18.2 Å². The fraction of sp³-hybridized carbons (Fsp3) is 0.211. The van der Waals surface area contributed by atoms with E-state index in [2.05, 4.69) is 10.3 Å². The molecule has 1 aliphatic rings. The predicted molar refractivity (Wildman–Crippen MR) is 104 cm³/mol. The van der Waals surface area contributed by atoms with Gasteiger partial charge in [0.25, 0.3) is 0 Å². The molecule has 138 valence electrons. The van der Waals surface area contributed by atoms with Crippen molar-refractivity contribution in [1.82, 2.24) is 9.88 Å². The number of aromatic nitrogens is 1. The average Bonchev–Trinajstić information content (AvgIpc) is 3.32. The largest absolute Gasteiger partial charge is 0.339 e. The predicted octanol–water partition coefficient (Wildman–Crippen LogP) is 4.10. The Labute approximate surface area is 163 Å². The summed E-state index contributed by atoms with van der Waals surface area (Å²) in [4.78, 5) is 32.1. The lowest BCUT2D eigenvalue weighted by atomic mass is 9.89. The Morgan fingerprint density at radius 3 is 3.00 bits per heavy atom. The maximum atomic E-state index is 13.7. The minimum atomic E-state index is -0.690. The summed E-state index contributed by atoms with van der Waals surface area (Å²) in [5.41, 5.74) is 1.80. The van der Waals surface area contributed by atoms with Crippen molar-refractivity contribution in [2.24, 2.45) is 0 Å². The number of likely N-dealkylation sites (N-methyl/N-ethyl adjacent to an activating group) is 1. The van der Waals surface area contributed by atoms with Gasteiger partial charge in [0.1, 0.15) is 10.8 Å². The number of benzene rings is 1. The molecule has 27 heavy (non-hydrogen) atoms. The first-order valence-corrected chi connectivity index (χ1v) is 10.1. The Morgan fingerprint density at radius 2 is 2.22 bits per heavy atom. The summed E-state index contributed by atoms with van der Waals surface area (Å²) in [5.74, 6) is -1.58. The van der Waals surface area contributed by atoms with Gasteiger partial charge in [0, 0.05) is 24.5 Å². The van der Waals surface area contributed by atoms with E-state index in [4.69, 9.17) is 0 Å². The molecule has 0 bridgehead atoms. The molecule has 0 saturated heterocycles. The molecule has 1 aromatic carbocycles. The first-order valence-electron chi connectivity index (χ1n) is 8.34. The lowest BCUT2D eigenvalue weighted by Gasteiger charge is -2.28. The topological polar surface area (TPSA) is 62.3 Å². The molecule has 0 spiro atoms. The van der Waals surface area contributed by atoms with Crippen molar-refractivity contribution in [2.45, 2.75) is 18.9 Å². The van der Waals surface area contributed by atoms with Crippen molar-refractivity contribution in [1.29, 1.82) is 0 Å². The number of fused-ring (bicyclic) bond motifs is 1. The lowest BCUT2D eigenvalue weighted by molar-refractivity contribution is -0.134. The number of carbonyl (C=O) groups excluding carboxylic acids is 2. The number of rotatable bonds is 4. The van der Waals surface area contributed by atoms with Gasteiger partial charge in [-0.2, -0.15) is 0 Å². The van der Waals surface area contributed by atoms with Crippen molar-refractivity contribution in [3.8, 4) is 9.88 Å². The Bertz CT molecular complexity index is 1000. The molecule has 3 heterocycles. The first kappa shape index (κ1) is 17.8. The van der Waals surface area contributed by atoms with Gasteiger partial charge in [0.2, 0.25) is 11.8 Å². The minimum absolute atomic E-state index is 0.0110. The molecule has 1 unspecified atom stereocenters. The summed E-state index contributed by atoms with van der Waals surface area (Å²) in [7, 11) is 1.68. The van der Waals surface area contributed by atoms with Crippen LogP contribution in [0.4, 0.5) is 10.1 Å².